The number of hydrogen-bond acceptors (Lipinski definition) is 14. The van der Waals surface area contributed by atoms with E-state index in [0.717, 1.165) is 30.0 Å². The number of aromatic nitrogens is 4. The van der Waals surface area contributed by atoms with Crippen molar-refractivity contribution in [2.24, 2.45) is 0 Å². The van der Waals surface area contributed by atoms with Crippen LogP contribution in [0, 0.1) is 0 Å². The largest absolute Gasteiger partial charge is 0.506 e. The third-order valence-electron chi connectivity index (χ3n) is 9.55. The molecule has 14 nitrogen and oxygen atoms in total. The summed E-state index contributed by atoms with van der Waals surface area (Å²) in [5, 5.41) is 9.55. The molecule has 0 bridgehead atoms. The van der Waals surface area contributed by atoms with E-state index in [4.69, 9.17) is 90.5 Å². The van der Waals surface area contributed by atoms with Crippen LogP contribution in [0.4, 0.5) is 0 Å². The molecule has 0 amide bonds. The number of sulfone groups is 2. The third kappa shape index (κ3) is 30.4. The number of halogens is 4. The summed E-state index contributed by atoms with van der Waals surface area (Å²) in [6.45, 7) is 8.82. The molecular formula is C36H51B16Br4N4O10S2. The molecule has 5 rings (SSSR count). The molecule has 36 heteroatoms. The maximum atomic E-state index is 11.1. The molecule has 1 aliphatic rings. The first-order valence-electron chi connectivity index (χ1n) is 20.9. The predicted molar refractivity (Wildman–Crippen MR) is 327 cm³/mol. The number of aromatic hydroxyl groups is 1. The van der Waals surface area contributed by atoms with Gasteiger partial charge in [0.15, 0.2) is 19.7 Å². The van der Waals surface area contributed by atoms with Crippen LogP contribution in [-0.4, -0.2) is 217 Å². The van der Waals surface area contributed by atoms with Gasteiger partial charge in [-0.25, -0.2) is 16.8 Å². The van der Waals surface area contributed by atoms with Crippen LogP contribution in [0.15, 0.2) is 87.3 Å². The highest BCUT2D eigenvalue weighted by molar-refractivity contribution is 9.11. The molecule has 1 fully saturated rings. The fourth-order valence-corrected chi connectivity index (χ4v) is 7.39. The highest BCUT2D eigenvalue weighted by atomic mass is 79.9. The van der Waals surface area contributed by atoms with Crippen LogP contribution < -0.4 is 19.7 Å². The van der Waals surface area contributed by atoms with Crippen molar-refractivity contribution >= 4 is 203 Å². The topological polar surface area (TPSA) is 186 Å². The predicted octanol–water partition coefficient (Wildman–Crippen LogP) is 1.80. The van der Waals surface area contributed by atoms with Gasteiger partial charge >= 0.3 is 7.12 Å². The SMILES string of the molecule is BrCCOc1cncc(Br)c1.C.C.CC1(C)OB(c2cncc(OCCS(C)(=O)=O)c2)OC1(C)C.CS(=O)(=O)CCOc1cncc(Br)c1.Oc1cncc(Br)c1.[B][B]B([B])B(B([B])[B])B(B([B])[B])B([B])[B]. The third-order valence-corrected chi connectivity index (χ3v) is 13.0. The molecule has 1 saturated heterocycles. The zero-order valence-corrected chi connectivity index (χ0v) is 47.6. The molecular weight excluding hydrogens is 1210 g/mol. The molecule has 4 aromatic rings. The van der Waals surface area contributed by atoms with E-state index >= 15 is 0 Å². The lowest BCUT2D eigenvalue weighted by Crippen LogP contribution is -2.73. The molecule has 0 aromatic carbocycles. The number of hydrogen-bond donors (Lipinski definition) is 1. The zero-order valence-electron chi connectivity index (χ0n) is 39.6. The van der Waals surface area contributed by atoms with E-state index in [2.05, 4.69) is 83.7 Å². The van der Waals surface area contributed by atoms with E-state index in [1.165, 1.54) is 38.2 Å². The maximum absolute atomic E-state index is 11.1. The summed E-state index contributed by atoms with van der Waals surface area (Å²) in [7, 11) is 39.2. The Balaban J connectivity index is 0. The number of nitrogens with zero attached hydrogens (tertiary/aromatic N) is 4. The Kier molecular flexibility index (Phi) is 36.1. The standard InChI is InChI=1S/C14H22BNO5S.C8H10BrNO3S.C7H7Br2NO.C5H4BrNO.2CH4.B15/c1-13(2)14(3,4)21-15(20-13)11-8-12(10-16-9-11)19-6-7-22(5,17)18;1-14(11,12)3-2-13-8-4-7(9)5-10-6-8;8-1-2-11-7-3-6(9)4-10-5-7;6-4-1-5(8)3-7-2-4;;;1-9-13(8)15(12(6)7)14(10(2)3)11(4)5/h8-10H,6-7H2,1-5H3;4-6H,2-3H2,1H3;3-5H,1-2H2;1-3,8H;2*1H4;. The lowest BCUT2D eigenvalue weighted by atomic mass is 8.46. The first-order chi connectivity index (χ1) is 32.4. The highest BCUT2D eigenvalue weighted by Crippen LogP contribution is 2.36. The number of rotatable bonds is 18. The van der Waals surface area contributed by atoms with Crippen molar-refractivity contribution in [3.63, 3.8) is 0 Å². The van der Waals surface area contributed by atoms with Gasteiger partial charge in [-0.3, -0.25) is 19.9 Å². The molecule has 0 unspecified atom stereocenters. The Bertz CT molecular complexity index is 2350. The van der Waals surface area contributed by atoms with Gasteiger partial charge in [0.1, 0.15) is 36.2 Å². The van der Waals surface area contributed by atoms with Crippen LogP contribution >= 0.6 is 63.7 Å². The normalized spacial score (nSPS) is 12.7. The number of ether oxygens (including phenoxy) is 3. The van der Waals surface area contributed by atoms with Gasteiger partial charge in [0.25, 0.3) is 0 Å². The molecule has 1 N–H and O–H groups in total. The molecule has 0 atom stereocenters. The van der Waals surface area contributed by atoms with Gasteiger partial charge < -0.3 is 28.6 Å². The van der Waals surface area contributed by atoms with Gasteiger partial charge in [-0.1, -0.05) is 30.8 Å². The second-order valence-corrected chi connectivity index (χ2v) is 24.3. The molecule has 363 valence electrons. The second-order valence-electron chi connectivity index (χ2n) is 16.2. The van der Waals surface area contributed by atoms with Crippen molar-refractivity contribution in [2.45, 2.75) is 53.8 Å². The molecule has 4 aromatic heterocycles. The van der Waals surface area contributed by atoms with E-state index < -0.39 is 76.3 Å². The summed E-state index contributed by atoms with van der Waals surface area (Å²) in [6, 6.07) is 6.95. The van der Waals surface area contributed by atoms with Crippen LogP contribution in [-0.2, 0) is 29.0 Å². The lowest BCUT2D eigenvalue weighted by molar-refractivity contribution is 0.00578. The van der Waals surface area contributed by atoms with Gasteiger partial charge in [-0.15, -0.1) is 0 Å². The van der Waals surface area contributed by atoms with Crippen molar-refractivity contribution in [3.8, 4) is 23.0 Å². The summed E-state index contributed by atoms with van der Waals surface area (Å²) >= 11 is 12.9. The van der Waals surface area contributed by atoms with Gasteiger partial charge in [0.05, 0.1) is 54.1 Å². The Labute approximate surface area is 477 Å². The van der Waals surface area contributed by atoms with Crippen molar-refractivity contribution in [1.29, 1.82) is 0 Å². The summed E-state index contributed by atoms with van der Waals surface area (Å²) in [5.41, 5.74) is -0.106. The van der Waals surface area contributed by atoms with Crippen molar-refractivity contribution < 1.29 is 45.5 Å². The monoisotopic (exact) mass is 1260 g/mol. The molecule has 0 saturated carbocycles. The molecule has 1 aliphatic heterocycles. The summed E-state index contributed by atoms with van der Waals surface area (Å²) in [6.07, 6.45) is 11.3. The van der Waals surface area contributed by atoms with Crippen LogP contribution in [0.1, 0.15) is 42.5 Å². The van der Waals surface area contributed by atoms with Gasteiger partial charge in [-0.05, 0) is 99.8 Å². The van der Waals surface area contributed by atoms with Gasteiger partial charge in [0, 0.05) is 169 Å². The lowest BCUT2D eigenvalue weighted by Gasteiger charge is -2.35. The van der Waals surface area contributed by atoms with Gasteiger partial charge in [0.2, 0.25) is 0 Å². The fraction of sp³-hybridized carbons (Fsp3) is 0.444. The minimum absolute atomic E-state index is 0. The first kappa shape index (κ1) is 72.7. The van der Waals surface area contributed by atoms with E-state index in [1.807, 2.05) is 33.8 Å². The fourth-order valence-electron chi connectivity index (χ4n) is 5.41. The Morgan fingerprint density at radius 2 is 0.972 bits per heavy atom. The van der Waals surface area contributed by atoms with E-state index in [0.29, 0.717) is 18.1 Å². The second kappa shape index (κ2) is 35.8. The molecule has 0 spiro atoms. The molecule has 17 radical (unpaired) electrons. The van der Waals surface area contributed by atoms with Crippen LogP contribution in [0.5, 0.6) is 23.0 Å². The van der Waals surface area contributed by atoms with Crippen molar-refractivity contribution in [2.75, 3.05) is 49.2 Å². The van der Waals surface area contributed by atoms with Crippen molar-refractivity contribution in [3.05, 3.63) is 87.3 Å². The smallest absolute Gasteiger partial charge is 0.496 e. The number of pyridine rings is 4. The first-order valence-corrected chi connectivity index (χ1v) is 28.5. The quantitative estimate of drug-likeness (QED) is 0.112. The molecule has 5 heterocycles. The Morgan fingerprint density at radius 1 is 0.611 bits per heavy atom. The highest BCUT2D eigenvalue weighted by Gasteiger charge is 2.52. The van der Waals surface area contributed by atoms with Crippen LogP contribution in [0.25, 0.3) is 0 Å². The summed E-state index contributed by atoms with van der Waals surface area (Å²) in [4.78, 5) is 15.6. The minimum Gasteiger partial charge on any atom is -0.506 e. The van der Waals surface area contributed by atoms with E-state index in [1.54, 1.807) is 49.2 Å². The maximum Gasteiger partial charge on any atom is 0.496 e. The van der Waals surface area contributed by atoms with Gasteiger partial charge in [-0.2, -0.15) is 0 Å². The summed E-state index contributed by atoms with van der Waals surface area (Å²) in [5.74, 6) is 2.00. The zero-order chi connectivity index (χ0) is 53.5. The average molecular weight is 1260 g/mol. The Hall–Kier alpha value is -1.42. The van der Waals surface area contributed by atoms with Crippen LogP contribution in [0.3, 0.4) is 0 Å². The van der Waals surface area contributed by atoms with Crippen LogP contribution in [0.2, 0.25) is 0 Å². The molecule has 72 heavy (non-hydrogen) atoms. The Morgan fingerprint density at radius 3 is 1.29 bits per heavy atom. The summed E-state index contributed by atoms with van der Waals surface area (Å²) < 4.78 is 74.1. The number of alkyl halides is 1. The molecule has 0 aliphatic carbocycles. The minimum atomic E-state index is -3.05. The van der Waals surface area contributed by atoms with E-state index in [9.17, 15) is 16.8 Å². The van der Waals surface area contributed by atoms with Crippen molar-refractivity contribution in [1.82, 2.24) is 19.9 Å². The van der Waals surface area contributed by atoms with E-state index in [-0.39, 0.29) is 45.3 Å². The average Bonchev–Trinajstić information content (AvgIpc) is 3.47.